The van der Waals surface area contributed by atoms with Gasteiger partial charge in [0.15, 0.2) is 17.4 Å². The molecule has 4 aromatic rings. The van der Waals surface area contributed by atoms with Crippen molar-refractivity contribution in [3.63, 3.8) is 0 Å². The number of nitrogens with one attached hydrogen (secondary N) is 1. The second-order valence-electron chi connectivity index (χ2n) is 7.25. The number of benzene rings is 3. The number of hydrogen-bond acceptors (Lipinski definition) is 6. The molecule has 8 heteroatoms. The van der Waals surface area contributed by atoms with Gasteiger partial charge in [0.05, 0.1) is 22.2 Å². The van der Waals surface area contributed by atoms with Gasteiger partial charge < -0.3 is 20.1 Å². The van der Waals surface area contributed by atoms with Crippen LogP contribution in [-0.2, 0) is 4.79 Å². The summed E-state index contributed by atoms with van der Waals surface area (Å²) in [5.41, 5.74) is 3.74. The normalized spacial score (nSPS) is 13.3. The molecule has 3 N–H and O–H groups in total. The summed E-state index contributed by atoms with van der Waals surface area (Å²) in [6.45, 7) is 1.38. The maximum Gasteiger partial charge on any atom is 0.331 e. The summed E-state index contributed by atoms with van der Waals surface area (Å²) in [4.78, 5) is 15.2. The van der Waals surface area contributed by atoms with Crippen LogP contribution in [0.2, 0.25) is 5.02 Å². The molecule has 1 aromatic heterocycles. The highest BCUT2D eigenvalue weighted by molar-refractivity contribution is 6.36. The van der Waals surface area contributed by atoms with Crippen LogP contribution in [0.5, 0.6) is 0 Å². The van der Waals surface area contributed by atoms with E-state index >= 15 is 0 Å². The van der Waals surface area contributed by atoms with Gasteiger partial charge in [0, 0.05) is 11.8 Å². The van der Waals surface area contributed by atoms with Crippen molar-refractivity contribution in [3.8, 4) is 11.1 Å². The fourth-order valence-corrected chi connectivity index (χ4v) is 3.57. The van der Waals surface area contributed by atoms with Crippen molar-refractivity contribution in [3.05, 3.63) is 77.3 Å². The maximum atomic E-state index is 11.2. The van der Waals surface area contributed by atoms with E-state index in [4.69, 9.17) is 16.1 Å². The van der Waals surface area contributed by atoms with Gasteiger partial charge in [-0.1, -0.05) is 59.2 Å². The highest BCUT2D eigenvalue weighted by atomic mass is 35.5. The Hall–Kier alpha value is -3.68. The molecule has 2 unspecified atom stereocenters. The van der Waals surface area contributed by atoms with Crippen LogP contribution in [0.4, 0.5) is 11.5 Å². The summed E-state index contributed by atoms with van der Waals surface area (Å²) in [6, 6.07) is 19.5. The molecule has 162 valence electrons. The lowest BCUT2D eigenvalue weighted by Gasteiger charge is -2.11. The van der Waals surface area contributed by atoms with Crippen molar-refractivity contribution < 1.29 is 19.5 Å². The molecule has 2 atom stereocenters. The molecule has 7 nitrogen and oxygen atoms in total. The first-order chi connectivity index (χ1) is 15.4. The Bertz CT molecular complexity index is 1290. The quantitative estimate of drug-likeness (QED) is 0.337. The number of fused-ring (bicyclic) bond motifs is 1. The van der Waals surface area contributed by atoms with Gasteiger partial charge in [0.2, 0.25) is 0 Å². The monoisotopic (exact) mass is 449 g/mol. The van der Waals surface area contributed by atoms with Crippen LogP contribution < -0.4 is 5.32 Å². The summed E-state index contributed by atoms with van der Waals surface area (Å²) in [6.07, 6.45) is 0.296. The average molecular weight is 450 g/mol. The Morgan fingerprint density at radius 2 is 1.94 bits per heavy atom. The predicted molar refractivity (Wildman–Crippen MR) is 125 cm³/mol. The standard InChI is InChI=1S/C24H20ClN3O4/c1-14(29)22(24(30)31)26-13-15-10-11-20-18(12-15)23(28-32-20)27-19-9-5-8-17(21(19)25)16-6-3-2-4-7-16/h2-14,22,29H,1H3,(H,27,28)(H,30,31). The lowest BCUT2D eigenvalue weighted by Crippen LogP contribution is -2.29. The highest BCUT2D eigenvalue weighted by Gasteiger charge is 2.21. The second-order valence-corrected chi connectivity index (χ2v) is 7.62. The largest absolute Gasteiger partial charge is 0.480 e. The molecule has 0 spiro atoms. The Kier molecular flexibility index (Phi) is 6.20. The zero-order valence-electron chi connectivity index (χ0n) is 17.1. The number of aliphatic carboxylic acids is 1. The first-order valence-corrected chi connectivity index (χ1v) is 10.3. The van der Waals surface area contributed by atoms with Crippen LogP contribution in [0.3, 0.4) is 0 Å². The van der Waals surface area contributed by atoms with E-state index in [1.54, 1.807) is 18.2 Å². The van der Waals surface area contributed by atoms with E-state index in [-0.39, 0.29) is 0 Å². The molecule has 0 bridgehead atoms. The second kappa shape index (κ2) is 9.21. The number of carboxylic acids is 1. The Balaban J connectivity index is 1.65. The summed E-state index contributed by atoms with van der Waals surface area (Å²) in [7, 11) is 0. The highest BCUT2D eigenvalue weighted by Crippen LogP contribution is 2.36. The predicted octanol–water partition coefficient (Wildman–Crippen LogP) is 5.14. The molecule has 4 rings (SSSR count). The van der Waals surface area contributed by atoms with Gasteiger partial charge in [0.25, 0.3) is 0 Å². The third-order valence-corrected chi connectivity index (χ3v) is 5.33. The fraction of sp³-hybridized carbons (Fsp3) is 0.125. The number of carboxylic acid groups (broad SMARTS) is 1. The Morgan fingerprint density at radius 3 is 2.66 bits per heavy atom. The first-order valence-electron chi connectivity index (χ1n) is 9.88. The molecular weight excluding hydrogens is 430 g/mol. The first kappa shape index (κ1) is 21.5. The molecule has 0 amide bonds. The summed E-state index contributed by atoms with van der Waals surface area (Å²) >= 11 is 6.67. The summed E-state index contributed by atoms with van der Waals surface area (Å²) in [5, 5.41) is 27.3. The number of rotatable bonds is 7. The molecule has 0 radical (unpaired) electrons. The Morgan fingerprint density at radius 1 is 1.16 bits per heavy atom. The lowest BCUT2D eigenvalue weighted by molar-refractivity contribution is -0.140. The van der Waals surface area contributed by atoms with E-state index in [0.717, 1.165) is 11.1 Å². The van der Waals surface area contributed by atoms with Crippen molar-refractivity contribution in [2.45, 2.75) is 19.1 Å². The molecule has 0 saturated carbocycles. The van der Waals surface area contributed by atoms with Crippen LogP contribution in [0, 0.1) is 0 Å². The van der Waals surface area contributed by atoms with E-state index < -0.39 is 18.1 Å². The third-order valence-electron chi connectivity index (χ3n) is 4.92. The van der Waals surface area contributed by atoms with Crippen LogP contribution in [0.1, 0.15) is 12.5 Å². The third kappa shape index (κ3) is 4.49. The molecule has 0 fully saturated rings. The number of halogens is 1. The van der Waals surface area contributed by atoms with Gasteiger partial charge in [-0.25, -0.2) is 4.79 Å². The molecule has 0 saturated heterocycles. The number of nitrogens with zero attached hydrogens (tertiary/aromatic N) is 2. The zero-order chi connectivity index (χ0) is 22.7. The molecule has 0 aliphatic rings. The topological polar surface area (TPSA) is 108 Å². The molecule has 32 heavy (non-hydrogen) atoms. The lowest BCUT2D eigenvalue weighted by atomic mass is 10.0. The van der Waals surface area contributed by atoms with Gasteiger partial charge in [-0.05, 0) is 42.3 Å². The zero-order valence-corrected chi connectivity index (χ0v) is 17.8. The van der Waals surface area contributed by atoms with Gasteiger partial charge >= 0.3 is 5.97 Å². The van der Waals surface area contributed by atoms with E-state index in [1.165, 1.54) is 13.1 Å². The van der Waals surface area contributed by atoms with Crippen molar-refractivity contribution in [1.29, 1.82) is 0 Å². The number of carbonyl (C=O) groups is 1. The molecule has 3 aromatic carbocycles. The molecule has 0 aliphatic carbocycles. The number of aliphatic hydroxyl groups is 1. The number of aliphatic hydroxyl groups excluding tert-OH is 1. The van der Waals surface area contributed by atoms with Crippen molar-refractivity contribution in [2.24, 2.45) is 4.99 Å². The Labute approximate surface area is 189 Å². The summed E-state index contributed by atoms with van der Waals surface area (Å²) < 4.78 is 5.40. The molecule has 1 heterocycles. The van der Waals surface area contributed by atoms with Crippen LogP contribution in [-0.4, -0.2) is 39.7 Å². The van der Waals surface area contributed by atoms with Crippen LogP contribution in [0.15, 0.2) is 76.2 Å². The van der Waals surface area contributed by atoms with Crippen LogP contribution >= 0.6 is 11.6 Å². The minimum Gasteiger partial charge on any atom is -0.480 e. The maximum absolute atomic E-state index is 11.2. The minimum atomic E-state index is -1.25. The van der Waals surface area contributed by atoms with Gasteiger partial charge in [-0.15, -0.1) is 0 Å². The van der Waals surface area contributed by atoms with Crippen LogP contribution in [0.25, 0.3) is 22.1 Å². The minimum absolute atomic E-state index is 0.465. The van der Waals surface area contributed by atoms with Crippen molar-refractivity contribution in [1.82, 2.24) is 5.16 Å². The number of hydrogen-bond donors (Lipinski definition) is 3. The number of aromatic nitrogens is 1. The summed E-state index contributed by atoms with van der Waals surface area (Å²) in [5.74, 6) is -0.731. The molecular formula is C24H20ClN3O4. The fourth-order valence-electron chi connectivity index (χ4n) is 3.28. The van der Waals surface area contributed by atoms with Crippen molar-refractivity contribution >= 4 is 46.3 Å². The van der Waals surface area contributed by atoms with E-state index in [9.17, 15) is 15.0 Å². The molecule has 0 aliphatic heterocycles. The number of aliphatic imine (C=N–C) groups is 1. The van der Waals surface area contributed by atoms with Gasteiger partial charge in [-0.2, -0.15) is 0 Å². The van der Waals surface area contributed by atoms with Crippen molar-refractivity contribution in [2.75, 3.05) is 5.32 Å². The van der Waals surface area contributed by atoms with E-state index in [1.807, 2.05) is 48.5 Å². The number of anilines is 2. The smallest absolute Gasteiger partial charge is 0.331 e. The van der Waals surface area contributed by atoms with E-state index in [0.29, 0.717) is 33.1 Å². The SMILES string of the molecule is CC(O)C(N=Cc1ccc2onc(Nc3cccc(-c4ccccc4)c3Cl)c2c1)C(=O)O. The van der Waals surface area contributed by atoms with Gasteiger partial charge in [-0.3, -0.25) is 4.99 Å². The van der Waals surface area contributed by atoms with Gasteiger partial charge in [0.1, 0.15) is 0 Å². The average Bonchev–Trinajstić information content (AvgIpc) is 3.17. The van der Waals surface area contributed by atoms with E-state index in [2.05, 4.69) is 15.5 Å².